The Bertz CT molecular complexity index is 729. The van der Waals surface area contributed by atoms with Crippen molar-refractivity contribution in [3.63, 3.8) is 0 Å². The maximum absolute atomic E-state index is 13.5. The zero-order chi connectivity index (χ0) is 15.6. The first-order valence-electron chi connectivity index (χ1n) is 5.84. The molecule has 1 N–H and O–H groups in total. The highest BCUT2D eigenvalue weighted by atomic mass is 19.1. The zero-order valence-electron chi connectivity index (χ0n) is 10.9. The van der Waals surface area contributed by atoms with Crippen LogP contribution in [0.15, 0.2) is 36.4 Å². The second-order valence-corrected chi connectivity index (χ2v) is 4.26. The van der Waals surface area contributed by atoms with E-state index in [1.165, 1.54) is 24.3 Å². The van der Waals surface area contributed by atoms with Gasteiger partial charge in [0.1, 0.15) is 11.5 Å². The molecule has 0 fully saturated rings. The van der Waals surface area contributed by atoms with Crippen LogP contribution in [0, 0.1) is 22.9 Å². The molecule has 0 amide bonds. The molecule has 2 aromatic rings. The standard InChI is InChI=1S/C14H10FNO5/c1-8-6-9(14(17)18)2-5-13(8)21-10-3-4-12(16(19)20)11(15)7-10/h2-7H,1H3,(H,17,18). The predicted molar refractivity (Wildman–Crippen MR) is 71.3 cm³/mol. The van der Waals surface area contributed by atoms with E-state index in [2.05, 4.69) is 0 Å². The van der Waals surface area contributed by atoms with Crippen LogP contribution in [0.3, 0.4) is 0 Å². The summed E-state index contributed by atoms with van der Waals surface area (Å²) in [6.45, 7) is 1.64. The number of hydrogen-bond acceptors (Lipinski definition) is 4. The number of nitro benzene ring substituents is 1. The number of carboxylic acids is 1. The molecule has 0 saturated carbocycles. The maximum atomic E-state index is 13.5. The lowest BCUT2D eigenvalue weighted by molar-refractivity contribution is -0.387. The van der Waals surface area contributed by atoms with Crippen molar-refractivity contribution in [2.24, 2.45) is 0 Å². The SMILES string of the molecule is Cc1cc(C(=O)O)ccc1Oc1ccc([N+](=O)[O-])c(F)c1. The molecule has 0 aliphatic heterocycles. The van der Waals surface area contributed by atoms with Crippen molar-refractivity contribution in [1.82, 2.24) is 0 Å². The average Bonchev–Trinajstić information content (AvgIpc) is 2.40. The van der Waals surface area contributed by atoms with Gasteiger partial charge in [-0.15, -0.1) is 0 Å². The van der Waals surface area contributed by atoms with E-state index in [9.17, 15) is 19.3 Å². The number of rotatable bonds is 4. The molecule has 0 aliphatic carbocycles. The number of hydrogen-bond donors (Lipinski definition) is 1. The summed E-state index contributed by atoms with van der Waals surface area (Å²) >= 11 is 0. The van der Waals surface area contributed by atoms with Gasteiger partial charge < -0.3 is 9.84 Å². The number of nitrogens with zero attached hydrogens (tertiary/aromatic N) is 1. The van der Waals surface area contributed by atoms with Crippen molar-refractivity contribution >= 4 is 11.7 Å². The van der Waals surface area contributed by atoms with Gasteiger partial charge >= 0.3 is 11.7 Å². The first kappa shape index (κ1) is 14.4. The summed E-state index contributed by atoms with van der Waals surface area (Å²) in [5.41, 5.74) is 0.0173. The van der Waals surface area contributed by atoms with Crippen molar-refractivity contribution in [3.05, 3.63) is 63.5 Å². The first-order chi connectivity index (χ1) is 9.88. The molecule has 0 unspecified atom stereocenters. The molecule has 0 radical (unpaired) electrons. The van der Waals surface area contributed by atoms with Gasteiger partial charge in [0.05, 0.1) is 10.5 Å². The first-order valence-corrected chi connectivity index (χ1v) is 5.84. The van der Waals surface area contributed by atoms with Gasteiger partial charge in [0, 0.05) is 12.1 Å². The molecule has 0 atom stereocenters. The van der Waals surface area contributed by atoms with Gasteiger partial charge in [-0.2, -0.15) is 4.39 Å². The van der Waals surface area contributed by atoms with Crippen LogP contribution in [-0.2, 0) is 0 Å². The molecule has 0 saturated heterocycles. The van der Waals surface area contributed by atoms with Gasteiger partial charge in [-0.3, -0.25) is 10.1 Å². The normalized spacial score (nSPS) is 10.2. The summed E-state index contributed by atoms with van der Waals surface area (Å²) in [5, 5.41) is 19.4. The fourth-order valence-electron chi connectivity index (χ4n) is 1.72. The summed E-state index contributed by atoms with van der Waals surface area (Å²) in [6.07, 6.45) is 0. The van der Waals surface area contributed by atoms with Crippen molar-refractivity contribution in [1.29, 1.82) is 0 Å². The van der Waals surface area contributed by atoms with Crippen molar-refractivity contribution in [2.75, 3.05) is 0 Å². The third-order valence-electron chi connectivity index (χ3n) is 2.77. The number of nitro groups is 1. The number of aromatic carboxylic acids is 1. The van der Waals surface area contributed by atoms with Gasteiger partial charge in [-0.25, -0.2) is 4.79 Å². The highest BCUT2D eigenvalue weighted by Gasteiger charge is 2.15. The van der Waals surface area contributed by atoms with Crippen LogP contribution >= 0.6 is 0 Å². The van der Waals surface area contributed by atoms with E-state index in [0.717, 1.165) is 12.1 Å². The Balaban J connectivity index is 2.28. The third-order valence-corrected chi connectivity index (χ3v) is 2.77. The molecular formula is C14H10FNO5. The Labute approximate surface area is 118 Å². The lowest BCUT2D eigenvalue weighted by atomic mass is 10.1. The van der Waals surface area contributed by atoms with E-state index in [1.54, 1.807) is 6.92 Å². The molecule has 0 heterocycles. The fraction of sp³-hybridized carbons (Fsp3) is 0.0714. The van der Waals surface area contributed by atoms with Crippen molar-refractivity contribution in [2.45, 2.75) is 6.92 Å². The second kappa shape index (κ2) is 5.58. The Morgan fingerprint density at radius 2 is 2.00 bits per heavy atom. The smallest absolute Gasteiger partial charge is 0.335 e. The Hall–Kier alpha value is -2.96. The molecule has 108 valence electrons. The summed E-state index contributed by atoms with van der Waals surface area (Å²) in [5.74, 6) is -1.64. The van der Waals surface area contributed by atoms with Gasteiger partial charge in [0.2, 0.25) is 5.82 Å². The van der Waals surface area contributed by atoms with E-state index in [4.69, 9.17) is 9.84 Å². The number of halogens is 1. The van der Waals surface area contributed by atoms with Crippen molar-refractivity contribution < 1.29 is 24.0 Å². The quantitative estimate of drug-likeness (QED) is 0.687. The summed E-state index contributed by atoms with van der Waals surface area (Å²) in [4.78, 5) is 20.5. The number of ether oxygens (including phenoxy) is 1. The average molecular weight is 291 g/mol. The van der Waals surface area contributed by atoms with Crippen LogP contribution < -0.4 is 4.74 Å². The molecule has 21 heavy (non-hydrogen) atoms. The van der Waals surface area contributed by atoms with E-state index in [1.807, 2.05) is 0 Å². The van der Waals surface area contributed by atoms with Gasteiger partial charge in [0.15, 0.2) is 0 Å². The van der Waals surface area contributed by atoms with E-state index in [-0.39, 0.29) is 11.3 Å². The van der Waals surface area contributed by atoms with Crippen LogP contribution in [0.2, 0.25) is 0 Å². The minimum Gasteiger partial charge on any atom is -0.478 e. The number of benzene rings is 2. The van der Waals surface area contributed by atoms with Gasteiger partial charge in [-0.1, -0.05) is 0 Å². The van der Waals surface area contributed by atoms with Crippen LogP contribution in [0.25, 0.3) is 0 Å². The van der Waals surface area contributed by atoms with E-state index in [0.29, 0.717) is 11.3 Å². The molecule has 0 bridgehead atoms. The van der Waals surface area contributed by atoms with Gasteiger partial charge in [0.25, 0.3) is 0 Å². The monoisotopic (exact) mass is 291 g/mol. The number of carboxylic acid groups (broad SMARTS) is 1. The highest BCUT2D eigenvalue weighted by molar-refractivity contribution is 5.88. The van der Waals surface area contributed by atoms with Crippen molar-refractivity contribution in [3.8, 4) is 11.5 Å². The maximum Gasteiger partial charge on any atom is 0.335 e. The van der Waals surface area contributed by atoms with Crippen LogP contribution in [-0.4, -0.2) is 16.0 Å². The number of aryl methyl sites for hydroxylation is 1. The minimum absolute atomic E-state index is 0.0873. The second-order valence-electron chi connectivity index (χ2n) is 4.26. The zero-order valence-corrected chi connectivity index (χ0v) is 10.9. The molecule has 0 spiro atoms. The van der Waals surface area contributed by atoms with Crippen LogP contribution in [0.4, 0.5) is 10.1 Å². The van der Waals surface area contributed by atoms with E-state index >= 15 is 0 Å². The summed E-state index contributed by atoms with van der Waals surface area (Å²) in [6, 6.07) is 7.39. The topological polar surface area (TPSA) is 89.7 Å². The molecule has 7 heteroatoms. The van der Waals surface area contributed by atoms with Crippen LogP contribution in [0.5, 0.6) is 11.5 Å². The number of carbonyl (C=O) groups is 1. The Morgan fingerprint density at radius 3 is 2.52 bits per heavy atom. The molecule has 2 aromatic carbocycles. The van der Waals surface area contributed by atoms with Crippen LogP contribution in [0.1, 0.15) is 15.9 Å². The molecule has 2 rings (SSSR count). The van der Waals surface area contributed by atoms with E-state index < -0.39 is 22.4 Å². The lowest BCUT2D eigenvalue weighted by Gasteiger charge is -2.09. The molecule has 6 nitrogen and oxygen atoms in total. The molecular weight excluding hydrogens is 281 g/mol. The summed E-state index contributed by atoms with van der Waals surface area (Å²) < 4.78 is 18.9. The predicted octanol–water partition coefficient (Wildman–Crippen LogP) is 3.53. The van der Waals surface area contributed by atoms with Gasteiger partial charge in [-0.05, 0) is 36.8 Å². The highest BCUT2D eigenvalue weighted by Crippen LogP contribution is 2.29. The fourth-order valence-corrected chi connectivity index (χ4v) is 1.72. The minimum atomic E-state index is -1.06. The Morgan fingerprint density at radius 1 is 1.29 bits per heavy atom. The Kier molecular flexibility index (Phi) is 3.84. The lowest BCUT2D eigenvalue weighted by Crippen LogP contribution is -1.98. The molecule has 0 aromatic heterocycles. The third kappa shape index (κ3) is 3.14. The summed E-state index contributed by atoms with van der Waals surface area (Å²) in [7, 11) is 0. The largest absolute Gasteiger partial charge is 0.478 e. The molecule has 0 aliphatic rings.